The number of nitrogens with one attached hydrogen (secondary N) is 2. The number of nitrogens with two attached hydrogens (primary N) is 1. The Bertz CT molecular complexity index is 942. The number of anilines is 1. The maximum Gasteiger partial charge on any atom is 0.258 e. The number of rotatable bonds is 9. The van der Waals surface area contributed by atoms with Gasteiger partial charge in [0, 0.05) is 44.3 Å². The molecule has 0 saturated carbocycles. The molecule has 0 spiro atoms. The molecule has 0 atom stereocenters. The number of aromatic nitrogens is 2. The minimum atomic E-state index is -0.437. The molecule has 3 heterocycles. The second kappa shape index (κ2) is 11.8. The van der Waals surface area contributed by atoms with Gasteiger partial charge in [0.1, 0.15) is 5.82 Å². The minimum absolute atomic E-state index is 0.205. The Labute approximate surface area is 186 Å². The number of pyridine rings is 2. The van der Waals surface area contributed by atoms with Crippen molar-refractivity contribution in [1.82, 2.24) is 20.2 Å². The lowest BCUT2D eigenvalue weighted by Gasteiger charge is -2.26. The standard InChI is InChI=1S/C22H28N6O4/c1-31-20-13-16(5-7-24-20)18(14-23)22(30)27-19-4-3-17(15-26-19)21(29)25-6-2-8-28-9-11-32-12-10-28/h3-5,7,13-15H,2,6,8-12,23H2,1H3,(H,25,29)(H,26,27,30). The molecule has 3 rings (SSSR count). The molecule has 1 aliphatic heterocycles. The Morgan fingerprint density at radius 3 is 2.72 bits per heavy atom. The summed E-state index contributed by atoms with van der Waals surface area (Å²) in [5.41, 5.74) is 6.88. The van der Waals surface area contributed by atoms with E-state index in [0.29, 0.717) is 29.4 Å². The molecule has 0 radical (unpaired) electrons. The smallest absolute Gasteiger partial charge is 0.258 e. The molecule has 1 saturated heterocycles. The van der Waals surface area contributed by atoms with Crippen molar-refractivity contribution in [2.45, 2.75) is 6.42 Å². The zero-order valence-corrected chi connectivity index (χ0v) is 18.0. The number of carbonyl (C=O) groups is 2. The van der Waals surface area contributed by atoms with Crippen LogP contribution in [-0.4, -0.2) is 73.2 Å². The van der Waals surface area contributed by atoms with Crippen LogP contribution in [0.1, 0.15) is 22.3 Å². The number of amides is 2. The monoisotopic (exact) mass is 440 g/mol. The normalized spacial score (nSPS) is 14.6. The number of hydrogen-bond acceptors (Lipinski definition) is 8. The van der Waals surface area contributed by atoms with Gasteiger partial charge < -0.3 is 25.8 Å². The van der Waals surface area contributed by atoms with Crippen LogP contribution in [0.5, 0.6) is 5.88 Å². The van der Waals surface area contributed by atoms with Crippen molar-refractivity contribution in [2.75, 3.05) is 51.8 Å². The molecule has 170 valence electrons. The maximum atomic E-state index is 12.6. The Morgan fingerprint density at radius 2 is 2.03 bits per heavy atom. The lowest BCUT2D eigenvalue weighted by Crippen LogP contribution is -2.38. The van der Waals surface area contributed by atoms with Crippen LogP contribution >= 0.6 is 0 Å². The highest BCUT2D eigenvalue weighted by molar-refractivity contribution is 6.25. The fourth-order valence-corrected chi connectivity index (χ4v) is 3.21. The Kier molecular flexibility index (Phi) is 8.52. The highest BCUT2D eigenvalue weighted by atomic mass is 16.5. The zero-order chi connectivity index (χ0) is 22.8. The summed E-state index contributed by atoms with van der Waals surface area (Å²) in [5, 5.41) is 5.57. The van der Waals surface area contributed by atoms with E-state index in [1.54, 1.807) is 24.3 Å². The summed E-state index contributed by atoms with van der Waals surface area (Å²) in [5.74, 6) is 0.0321. The van der Waals surface area contributed by atoms with Crippen LogP contribution in [-0.2, 0) is 9.53 Å². The van der Waals surface area contributed by atoms with Gasteiger partial charge in [-0.3, -0.25) is 14.5 Å². The topological polar surface area (TPSA) is 132 Å². The van der Waals surface area contributed by atoms with Crippen LogP contribution in [0.15, 0.2) is 42.9 Å². The quantitative estimate of drug-likeness (QED) is 0.387. The Hall–Kier alpha value is -3.50. The van der Waals surface area contributed by atoms with Gasteiger partial charge in [-0.25, -0.2) is 9.97 Å². The zero-order valence-electron chi connectivity index (χ0n) is 18.0. The third kappa shape index (κ3) is 6.50. The predicted octanol–water partition coefficient (Wildman–Crippen LogP) is 0.876. The number of nitrogens with zero attached hydrogens (tertiary/aromatic N) is 3. The number of methoxy groups -OCH3 is 1. The molecule has 2 aromatic rings. The van der Waals surface area contributed by atoms with Crippen molar-refractivity contribution in [2.24, 2.45) is 5.73 Å². The summed E-state index contributed by atoms with van der Waals surface area (Å²) in [7, 11) is 1.49. The van der Waals surface area contributed by atoms with Gasteiger partial charge in [-0.05, 0) is 36.7 Å². The number of ether oxygens (including phenoxy) is 2. The molecule has 0 aromatic carbocycles. The summed E-state index contributed by atoms with van der Waals surface area (Å²) in [4.78, 5) is 35.4. The highest BCUT2D eigenvalue weighted by Gasteiger charge is 2.15. The van der Waals surface area contributed by atoms with Crippen molar-refractivity contribution in [3.05, 3.63) is 54.0 Å². The predicted molar refractivity (Wildman–Crippen MR) is 120 cm³/mol. The van der Waals surface area contributed by atoms with Gasteiger partial charge in [-0.1, -0.05) is 0 Å². The van der Waals surface area contributed by atoms with Crippen molar-refractivity contribution in [3.8, 4) is 5.88 Å². The third-order valence-corrected chi connectivity index (χ3v) is 4.97. The first-order valence-electron chi connectivity index (χ1n) is 10.4. The van der Waals surface area contributed by atoms with Crippen LogP contribution in [0.25, 0.3) is 5.57 Å². The first-order valence-corrected chi connectivity index (χ1v) is 10.4. The second-order valence-electron chi connectivity index (χ2n) is 7.12. The molecule has 0 bridgehead atoms. The molecule has 2 aromatic heterocycles. The highest BCUT2D eigenvalue weighted by Crippen LogP contribution is 2.19. The number of carbonyl (C=O) groups excluding carboxylic acids is 2. The van der Waals surface area contributed by atoms with E-state index in [-0.39, 0.29) is 11.5 Å². The van der Waals surface area contributed by atoms with Gasteiger partial charge in [-0.15, -0.1) is 0 Å². The van der Waals surface area contributed by atoms with Gasteiger partial charge in [0.15, 0.2) is 0 Å². The average molecular weight is 441 g/mol. The Balaban J connectivity index is 1.49. The van der Waals surface area contributed by atoms with E-state index < -0.39 is 5.91 Å². The van der Waals surface area contributed by atoms with Gasteiger partial charge in [-0.2, -0.15) is 0 Å². The van der Waals surface area contributed by atoms with Crippen molar-refractivity contribution in [3.63, 3.8) is 0 Å². The summed E-state index contributed by atoms with van der Waals surface area (Å²) < 4.78 is 10.4. The van der Waals surface area contributed by atoms with Crippen molar-refractivity contribution in [1.29, 1.82) is 0 Å². The van der Waals surface area contributed by atoms with Gasteiger partial charge in [0.25, 0.3) is 11.8 Å². The first kappa shape index (κ1) is 23.2. The number of morpholine rings is 1. The summed E-state index contributed by atoms with van der Waals surface area (Å²) in [6.07, 6.45) is 5.02. The molecule has 1 fully saturated rings. The van der Waals surface area contributed by atoms with Gasteiger partial charge in [0.2, 0.25) is 5.88 Å². The van der Waals surface area contributed by atoms with Crippen molar-refractivity contribution >= 4 is 23.2 Å². The summed E-state index contributed by atoms with van der Waals surface area (Å²) in [6.45, 7) is 4.89. The van der Waals surface area contributed by atoms with Crippen LogP contribution in [0.2, 0.25) is 0 Å². The molecule has 10 nitrogen and oxygen atoms in total. The van der Waals surface area contributed by atoms with Gasteiger partial charge >= 0.3 is 0 Å². The lowest BCUT2D eigenvalue weighted by molar-refractivity contribution is -0.111. The van der Waals surface area contributed by atoms with E-state index in [1.807, 2.05) is 0 Å². The van der Waals surface area contributed by atoms with E-state index in [1.165, 1.54) is 25.7 Å². The molecule has 4 N–H and O–H groups in total. The molecule has 2 amide bonds. The molecule has 0 aliphatic carbocycles. The summed E-state index contributed by atoms with van der Waals surface area (Å²) in [6, 6.07) is 6.45. The fourth-order valence-electron chi connectivity index (χ4n) is 3.21. The van der Waals surface area contributed by atoms with E-state index in [4.69, 9.17) is 15.2 Å². The van der Waals surface area contributed by atoms with Gasteiger partial charge in [0.05, 0.1) is 31.5 Å². The Morgan fingerprint density at radius 1 is 1.22 bits per heavy atom. The van der Waals surface area contributed by atoms with E-state index in [2.05, 4.69) is 25.5 Å². The molecular formula is C22H28N6O4. The maximum absolute atomic E-state index is 12.6. The van der Waals surface area contributed by atoms with Crippen LogP contribution in [0.3, 0.4) is 0 Å². The minimum Gasteiger partial charge on any atom is -0.481 e. The van der Waals surface area contributed by atoms with Crippen molar-refractivity contribution < 1.29 is 19.1 Å². The third-order valence-electron chi connectivity index (χ3n) is 4.97. The van der Waals surface area contributed by atoms with E-state index in [9.17, 15) is 9.59 Å². The van der Waals surface area contributed by atoms with Crippen LogP contribution < -0.4 is 21.1 Å². The molecule has 32 heavy (non-hydrogen) atoms. The van der Waals surface area contributed by atoms with Crippen LogP contribution in [0.4, 0.5) is 5.82 Å². The van der Waals surface area contributed by atoms with E-state index >= 15 is 0 Å². The average Bonchev–Trinajstić information content (AvgIpc) is 2.83. The molecule has 0 unspecified atom stereocenters. The van der Waals surface area contributed by atoms with E-state index in [0.717, 1.165) is 39.3 Å². The lowest BCUT2D eigenvalue weighted by atomic mass is 10.1. The molecular weight excluding hydrogens is 412 g/mol. The van der Waals surface area contributed by atoms with Crippen LogP contribution in [0, 0.1) is 0 Å². The molecule has 10 heteroatoms. The first-order chi connectivity index (χ1) is 15.6. The number of hydrogen-bond donors (Lipinski definition) is 3. The fraction of sp³-hybridized carbons (Fsp3) is 0.364. The summed E-state index contributed by atoms with van der Waals surface area (Å²) >= 11 is 0. The second-order valence-corrected chi connectivity index (χ2v) is 7.12. The largest absolute Gasteiger partial charge is 0.481 e. The SMILES string of the molecule is COc1cc(C(=CN)C(=O)Nc2ccc(C(=O)NCCCN3CCOCC3)cn2)ccn1. The molecule has 1 aliphatic rings.